The largest absolute Gasteiger partial charge is 0.356 e. The van der Waals surface area contributed by atoms with Crippen LogP contribution in [-0.2, 0) is 11.2 Å². The van der Waals surface area contributed by atoms with Crippen LogP contribution < -0.4 is 10.6 Å². The summed E-state index contributed by atoms with van der Waals surface area (Å²) in [5, 5.41) is 7.90. The van der Waals surface area contributed by atoms with Gasteiger partial charge in [-0.05, 0) is 19.8 Å². The number of carbonyl (C=O) groups is 1. The lowest BCUT2D eigenvalue weighted by molar-refractivity contribution is -0.137. The maximum Gasteiger partial charge on any atom is 0.225 e. The summed E-state index contributed by atoms with van der Waals surface area (Å²) in [6.45, 7) is 8.41. The molecule has 1 aliphatic carbocycles. The van der Waals surface area contributed by atoms with Crippen LogP contribution in [0.2, 0.25) is 0 Å². The number of hydrogen-bond donors (Lipinski definition) is 2. The predicted molar refractivity (Wildman–Crippen MR) is 130 cm³/mol. The second kappa shape index (κ2) is 12.7. The molecule has 0 unspecified atom stereocenters. The van der Waals surface area contributed by atoms with E-state index in [0.717, 1.165) is 76.0 Å². The van der Waals surface area contributed by atoms with E-state index in [9.17, 15) is 4.79 Å². The van der Waals surface area contributed by atoms with E-state index in [-0.39, 0.29) is 24.0 Å². The van der Waals surface area contributed by atoms with Crippen LogP contribution in [0.25, 0.3) is 0 Å². The van der Waals surface area contributed by atoms with Crippen LogP contribution in [0.1, 0.15) is 35.6 Å². The third-order valence-electron chi connectivity index (χ3n) is 5.63. The molecule has 1 aromatic heterocycles. The molecule has 2 N–H and O–H groups in total. The number of guanidine groups is 1. The van der Waals surface area contributed by atoms with Gasteiger partial charge in [-0.25, -0.2) is 4.98 Å². The summed E-state index contributed by atoms with van der Waals surface area (Å²) in [6.07, 6.45) is 7.47. The van der Waals surface area contributed by atoms with Crippen molar-refractivity contribution in [2.45, 2.75) is 39.0 Å². The number of rotatable bonds is 7. The van der Waals surface area contributed by atoms with Crippen LogP contribution in [0.15, 0.2) is 11.2 Å². The molecule has 2 aliphatic rings. The number of thiazole rings is 1. The van der Waals surface area contributed by atoms with Gasteiger partial charge in [-0.3, -0.25) is 14.7 Å². The number of halogens is 1. The highest BCUT2D eigenvalue weighted by Crippen LogP contribution is 2.26. The van der Waals surface area contributed by atoms with E-state index in [1.807, 2.05) is 6.20 Å². The van der Waals surface area contributed by atoms with Crippen molar-refractivity contribution in [2.75, 3.05) is 52.9 Å². The Kier molecular flexibility index (Phi) is 10.6. The number of aliphatic imine (C=N–C) groups is 1. The van der Waals surface area contributed by atoms with Gasteiger partial charge in [0, 0.05) is 76.3 Å². The molecular formula is C20H35IN6OS. The summed E-state index contributed by atoms with van der Waals surface area (Å²) in [7, 11) is 1.80. The maximum atomic E-state index is 12.5. The Hall–Kier alpha value is -0.940. The summed E-state index contributed by atoms with van der Waals surface area (Å²) in [4.78, 5) is 27.0. The van der Waals surface area contributed by atoms with E-state index in [0.29, 0.717) is 11.8 Å². The molecule has 7 nitrogen and oxygen atoms in total. The predicted octanol–water partition coefficient (Wildman–Crippen LogP) is 2.11. The molecular weight excluding hydrogens is 499 g/mol. The molecule has 0 atom stereocenters. The number of carbonyl (C=O) groups excluding carboxylic acids is 1. The lowest BCUT2D eigenvalue weighted by atomic mass is 10.1. The van der Waals surface area contributed by atoms with Crippen LogP contribution >= 0.6 is 35.3 Å². The molecule has 3 rings (SSSR count). The third kappa shape index (κ3) is 7.67. The highest BCUT2D eigenvalue weighted by atomic mass is 127. The molecule has 164 valence electrons. The highest BCUT2D eigenvalue weighted by Gasteiger charge is 2.29. The van der Waals surface area contributed by atoms with Crippen molar-refractivity contribution in [1.82, 2.24) is 25.4 Å². The normalized spacial score (nSPS) is 18.6. The highest BCUT2D eigenvalue weighted by molar-refractivity contribution is 14.0. The maximum absolute atomic E-state index is 12.5. The third-order valence-corrected chi connectivity index (χ3v) is 6.61. The molecule has 29 heavy (non-hydrogen) atoms. The molecule has 2 fully saturated rings. The number of piperazine rings is 1. The lowest BCUT2D eigenvalue weighted by Gasteiger charge is -2.36. The van der Waals surface area contributed by atoms with Crippen molar-refractivity contribution >= 4 is 47.2 Å². The van der Waals surface area contributed by atoms with Gasteiger partial charge >= 0.3 is 0 Å². The van der Waals surface area contributed by atoms with Gasteiger partial charge in [0.25, 0.3) is 0 Å². The minimum atomic E-state index is 0. The van der Waals surface area contributed by atoms with Crippen molar-refractivity contribution in [2.24, 2.45) is 10.9 Å². The summed E-state index contributed by atoms with van der Waals surface area (Å²) < 4.78 is 0. The van der Waals surface area contributed by atoms with E-state index in [2.05, 4.69) is 37.3 Å². The van der Waals surface area contributed by atoms with Gasteiger partial charge < -0.3 is 15.5 Å². The van der Waals surface area contributed by atoms with Crippen molar-refractivity contribution in [3.05, 3.63) is 16.1 Å². The molecule has 1 aromatic rings. The molecule has 0 aromatic carbocycles. The van der Waals surface area contributed by atoms with Crippen LogP contribution in [0.4, 0.5) is 0 Å². The minimum Gasteiger partial charge on any atom is -0.356 e. The van der Waals surface area contributed by atoms with Gasteiger partial charge in [0.2, 0.25) is 5.91 Å². The zero-order valence-electron chi connectivity index (χ0n) is 17.7. The average molecular weight is 535 g/mol. The van der Waals surface area contributed by atoms with Crippen molar-refractivity contribution in [1.29, 1.82) is 0 Å². The molecule has 2 heterocycles. The first-order valence-electron chi connectivity index (χ1n) is 10.5. The van der Waals surface area contributed by atoms with Crippen molar-refractivity contribution in [3.63, 3.8) is 0 Å². The number of nitrogens with zero attached hydrogens (tertiary/aromatic N) is 4. The van der Waals surface area contributed by atoms with Gasteiger partial charge in [0.05, 0.1) is 5.01 Å². The number of aromatic nitrogens is 1. The molecule has 0 radical (unpaired) electrons. The van der Waals surface area contributed by atoms with E-state index in [4.69, 9.17) is 0 Å². The number of hydrogen-bond acceptors (Lipinski definition) is 5. The second-order valence-electron chi connectivity index (χ2n) is 7.69. The van der Waals surface area contributed by atoms with Gasteiger partial charge in [0.1, 0.15) is 0 Å². The molecule has 1 saturated carbocycles. The fourth-order valence-electron chi connectivity index (χ4n) is 3.98. The Morgan fingerprint density at radius 1 is 1.21 bits per heavy atom. The van der Waals surface area contributed by atoms with Gasteiger partial charge in [-0.1, -0.05) is 12.8 Å². The summed E-state index contributed by atoms with van der Waals surface area (Å²) >= 11 is 1.75. The van der Waals surface area contributed by atoms with Crippen LogP contribution in [-0.4, -0.2) is 79.5 Å². The molecule has 9 heteroatoms. The van der Waals surface area contributed by atoms with Crippen LogP contribution in [0.5, 0.6) is 0 Å². The van der Waals surface area contributed by atoms with Crippen molar-refractivity contribution < 1.29 is 4.79 Å². The van der Waals surface area contributed by atoms with Gasteiger partial charge in [0.15, 0.2) is 5.96 Å². The Morgan fingerprint density at radius 2 is 1.90 bits per heavy atom. The summed E-state index contributed by atoms with van der Waals surface area (Å²) in [6, 6.07) is 0. The standard InChI is InChI=1S/C20H34N6OS.HI/c1-16-15-24-18(28-16)7-8-22-20(21-2)23-9-10-25-11-13-26(14-12-25)19(27)17-5-3-4-6-17;/h15,17H,3-14H2,1-2H3,(H2,21,22,23);1H. The van der Waals surface area contributed by atoms with E-state index < -0.39 is 0 Å². The number of aryl methyl sites for hydroxylation is 1. The Bertz CT molecular complexity index is 653. The molecule has 0 spiro atoms. The van der Waals surface area contributed by atoms with Gasteiger partial charge in [-0.15, -0.1) is 35.3 Å². The topological polar surface area (TPSA) is 72.9 Å². The number of nitrogens with one attached hydrogen (secondary N) is 2. The summed E-state index contributed by atoms with van der Waals surface area (Å²) in [5.41, 5.74) is 0. The Balaban J connectivity index is 0.00000300. The first-order valence-corrected chi connectivity index (χ1v) is 11.3. The van der Waals surface area contributed by atoms with E-state index >= 15 is 0 Å². The first-order chi connectivity index (χ1) is 13.7. The Morgan fingerprint density at radius 3 is 2.52 bits per heavy atom. The first kappa shape index (κ1) is 24.3. The number of amides is 1. The van der Waals surface area contributed by atoms with E-state index in [1.165, 1.54) is 17.7 Å². The smallest absolute Gasteiger partial charge is 0.225 e. The summed E-state index contributed by atoms with van der Waals surface area (Å²) in [5.74, 6) is 1.54. The zero-order chi connectivity index (χ0) is 19.8. The Labute approximate surface area is 195 Å². The second-order valence-corrected chi connectivity index (χ2v) is 9.01. The van der Waals surface area contributed by atoms with Gasteiger partial charge in [-0.2, -0.15) is 0 Å². The quantitative estimate of drug-likeness (QED) is 0.319. The molecule has 1 aliphatic heterocycles. The fourth-order valence-corrected chi connectivity index (χ4v) is 4.77. The van der Waals surface area contributed by atoms with Crippen LogP contribution in [0, 0.1) is 12.8 Å². The van der Waals surface area contributed by atoms with E-state index in [1.54, 1.807) is 18.4 Å². The minimum absolute atomic E-state index is 0. The fraction of sp³-hybridized carbons (Fsp3) is 0.750. The average Bonchev–Trinajstić information content (AvgIpc) is 3.39. The molecule has 1 amide bonds. The molecule has 1 saturated heterocycles. The molecule has 0 bridgehead atoms. The van der Waals surface area contributed by atoms with Crippen molar-refractivity contribution in [3.8, 4) is 0 Å². The zero-order valence-corrected chi connectivity index (χ0v) is 20.8. The van der Waals surface area contributed by atoms with Crippen LogP contribution in [0.3, 0.4) is 0 Å². The SMILES string of the molecule is CN=C(NCCc1ncc(C)s1)NCCN1CCN(C(=O)C2CCCC2)CC1.I. The lowest BCUT2D eigenvalue weighted by Crippen LogP contribution is -2.52. The monoisotopic (exact) mass is 534 g/mol.